The smallest absolute Gasteiger partial charge is 0.330 e. The predicted octanol–water partition coefficient (Wildman–Crippen LogP) is 2.44. The van der Waals surface area contributed by atoms with E-state index in [0.717, 1.165) is 31.8 Å². The standard InChI is InChI=1S/C12H22O3/c1-3-5-6-7-8-11(13)9-10-12(14)15-4-2/h9-11,13H,3-8H2,1-2H3/b10-9+/t11-/m0/s1/i11D. The van der Waals surface area contributed by atoms with Gasteiger partial charge in [-0.25, -0.2) is 4.79 Å². The van der Waals surface area contributed by atoms with E-state index in [4.69, 9.17) is 1.37 Å². The number of aliphatic hydroxyl groups is 1. The Morgan fingerprint density at radius 3 is 2.80 bits per heavy atom. The summed E-state index contributed by atoms with van der Waals surface area (Å²) in [5, 5.41) is 9.60. The second-order valence-corrected chi connectivity index (χ2v) is 3.39. The number of esters is 1. The molecule has 0 radical (unpaired) electrons. The third-order valence-electron chi connectivity index (χ3n) is 1.98. The van der Waals surface area contributed by atoms with Gasteiger partial charge in [-0.1, -0.05) is 32.6 Å². The summed E-state index contributed by atoms with van der Waals surface area (Å²) in [7, 11) is 0. The molecule has 0 bridgehead atoms. The van der Waals surface area contributed by atoms with Gasteiger partial charge in [-0.2, -0.15) is 0 Å². The van der Waals surface area contributed by atoms with Crippen molar-refractivity contribution in [1.29, 1.82) is 0 Å². The van der Waals surface area contributed by atoms with E-state index in [1.165, 1.54) is 6.08 Å². The molecule has 0 saturated carbocycles. The van der Waals surface area contributed by atoms with Gasteiger partial charge in [-0.3, -0.25) is 0 Å². The van der Waals surface area contributed by atoms with Gasteiger partial charge in [-0.05, 0) is 19.4 Å². The Morgan fingerprint density at radius 2 is 2.20 bits per heavy atom. The third kappa shape index (κ3) is 9.47. The summed E-state index contributed by atoms with van der Waals surface area (Å²) in [5.41, 5.74) is 0. The lowest BCUT2D eigenvalue weighted by Crippen LogP contribution is -2.05. The van der Waals surface area contributed by atoms with Crippen LogP contribution in [0.25, 0.3) is 0 Å². The maximum Gasteiger partial charge on any atom is 0.330 e. The molecule has 88 valence electrons. The van der Waals surface area contributed by atoms with Crippen LogP contribution in [0.2, 0.25) is 0 Å². The van der Waals surface area contributed by atoms with Crippen molar-refractivity contribution in [2.45, 2.75) is 52.0 Å². The minimum atomic E-state index is -1.65. The normalized spacial score (nSPS) is 16.1. The number of ether oxygens (including phenoxy) is 1. The van der Waals surface area contributed by atoms with Crippen LogP contribution in [0.4, 0.5) is 0 Å². The highest BCUT2D eigenvalue weighted by atomic mass is 16.5. The summed E-state index contributed by atoms with van der Waals surface area (Å²) in [4.78, 5) is 11.0. The number of unbranched alkanes of at least 4 members (excludes halogenated alkanes) is 3. The predicted molar refractivity (Wildman–Crippen MR) is 60.5 cm³/mol. The molecule has 0 heterocycles. The van der Waals surface area contributed by atoms with E-state index in [0.29, 0.717) is 13.0 Å². The molecule has 0 saturated heterocycles. The van der Waals surface area contributed by atoms with Crippen molar-refractivity contribution in [2.24, 2.45) is 0 Å². The number of hydrogen-bond donors (Lipinski definition) is 1. The van der Waals surface area contributed by atoms with Crippen molar-refractivity contribution in [3.63, 3.8) is 0 Å². The van der Waals surface area contributed by atoms with Crippen molar-refractivity contribution in [3.05, 3.63) is 12.2 Å². The number of carbonyl (C=O) groups is 1. The summed E-state index contributed by atoms with van der Waals surface area (Å²) in [5.74, 6) is -0.512. The molecule has 0 aliphatic heterocycles. The molecule has 0 aliphatic carbocycles. The van der Waals surface area contributed by atoms with Crippen LogP contribution in [0.15, 0.2) is 12.2 Å². The molecule has 1 N–H and O–H groups in total. The largest absolute Gasteiger partial charge is 0.463 e. The lowest BCUT2D eigenvalue weighted by Gasteiger charge is -2.04. The van der Waals surface area contributed by atoms with Crippen molar-refractivity contribution in [2.75, 3.05) is 6.61 Å². The van der Waals surface area contributed by atoms with Gasteiger partial charge in [0.2, 0.25) is 0 Å². The molecular formula is C12H22O3. The SMILES string of the molecule is [2H][C@@](O)(/C=C/C(=O)OCC)CCCCCC. The molecule has 3 nitrogen and oxygen atoms in total. The zero-order valence-corrected chi connectivity index (χ0v) is 9.66. The van der Waals surface area contributed by atoms with Crippen LogP contribution in [0.3, 0.4) is 0 Å². The molecule has 0 aromatic carbocycles. The molecular weight excluding hydrogens is 192 g/mol. The fraction of sp³-hybridized carbons (Fsp3) is 0.750. The summed E-state index contributed by atoms with van der Waals surface area (Å²) < 4.78 is 12.2. The van der Waals surface area contributed by atoms with Gasteiger partial charge in [0.05, 0.1) is 14.1 Å². The highest BCUT2D eigenvalue weighted by Gasteiger charge is 2.00. The molecule has 15 heavy (non-hydrogen) atoms. The van der Waals surface area contributed by atoms with E-state index >= 15 is 0 Å². The minimum absolute atomic E-state index is 0.302. The first-order valence-corrected chi connectivity index (χ1v) is 5.60. The molecule has 0 aliphatic rings. The number of rotatable bonds is 8. The highest BCUT2D eigenvalue weighted by Crippen LogP contribution is 2.06. The summed E-state index contributed by atoms with van der Waals surface area (Å²) >= 11 is 0. The Hall–Kier alpha value is -0.830. The summed E-state index contributed by atoms with van der Waals surface area (Å²) in [6.45, 7) is 4.12. The van der Waals surface area contributed by atoms with Crippen LogP contribution in [0.1, 0.15) is 47.3 Å². The molecule has 0 aromatic rings. The number of hydrogen-bond acceptors (Lipinski definition) is 3. The summed E-state index contributed by atoms with van der Waals surface area (Å²) in [6.07, 6.45) is 5.04. The van der Waals surface area contributed by atoms with Gasteiger partial charge >= 0.3 is 5.97 Å². The van der Waals surface area contributed by atoms with Crippen LogP contribution >= 0.6 is 0 Å². The Labute approximate surface area is 93.5 Å². The molecule has 0 rings (SSSR count). The van der Waals surface area contributed by atoms with E-state index < -0.39 is 12.0 Å². The van der Waals surface area contributed by atoms with Crippen LogP contribution in [0.5, 0.6) is 0 Å². The van der Waals surface area contributed by atoms with Gasteiger partial charge in [0.15, 0.2) is 0 Å². The first kappa shape index (κ1) is 12.2. The second-order valence-electron chi connectivity index (χ2n) is 3.39. The van der Waals surface area contributed by atoms with Crippen LogP contribution in [-0.2, 0) is 9.53 Å². The molecule has 0 unspecified atom stereocenters. The van der Waals surface area contributed by atoms with Crippen molar-refractivity contribution < 1.29 is 16.0 Å². The average molecular weight is 215 g/mol. The second kappa shape index (κ2) is 9.71. The summed E-state index contributed by atoms with van der Waals surface area (Å²) in [6, 6.07) is 0. The molecule has 0 fully saturated rings. The first-order valence-electron chi connectivity index (χ1n) is 6.10. The lowest BCUT2D eigenvalue weighted by molar-refractivity contribution is -0.137. The fourth-order valence-corrected chi connectivity index (χ4v) is 1.17. The van der Waals surface area contributed by atoms with E-state index in [1.807, 2.05) is 0 Å². The molecule has 0 amide bonds. The van der Waals surface area contributed by atoms with E-state index in [-0.39, 0.29) is 0 Å². The maximum absolute atomic E-state index is 11.0. The molecule has 0 spiro atoms. The molecule has 1 atom stereocenters. The van der Waals surface area contributed by atoms with Crippen molar-refractivity contribution in [1.82, 2.24) is 0 Å². The fourth-order valence-electron chi connectivity index (χ4n) is 1.17. The van der Waals surface area contributed by atoms with Gasteiger partial charge in [-0.15, -0.1) is 0 Å². The Balaban J connectivity index is 3.88. The Morgan fingerprint density at radius 1 is 1.47 bits per heavy atom. The van der Waals surface area contributed by atoms with E-state index in [9.17, 15) is 9.90 Å². The topological polar surface area (TPSA) is 46.5 Å². The Bertz CT molecular complexity index is 224. The van der Waals surface area contributed by atoms with Crippen LogP contribution < -0.4 is 0 Å². The molecule has 3 heteroatoms. The lowest BCUT2D eigenvalue weighted by atomic mass is 10.1. The zero-order chi connectivity index (χ0) is 12.4. The number of carbonyl (C=O) groups excluding carboxylic acids is 1. The Kier molecular flexibility index (Phi) is 7.93. The quantitative estimate of drug-likeness (QED) is 0.384. The van der Waals surface area contributed by atoms with Gasteiger partial charge < -0.3 is 9.84 Å². The van der Waals surface area contributed by atoms with Gasteiger partial charge in [0, 0.05) is 6.08 Å². The highest BCUT2D eigenvalue weighted by molar-refractivity contribution is 5.81. The zero-order valence-electron chi connectivity index (χ0n) is 10.7. The van der Waals surface area contributed by atoms with E-state index in [1.54, 1.807) is 6.92 Å². The minimum Gasteiger partial charge on any atom is -0.463 e. The molecule has 0 aromatic heterocycles. The van der Waals surface area contributed by atoms with Gasteiger partial charge in [0.1, 0.15) is 0 Å². The first-order chi connectivity index (χ1) is 7.52. The maximum atomic E-state index is 11.0. The van der Waals surface area contributed by atoms with Crippen molar-refractivity contribution >= 4 is 5.97 Å². The van der Waals surface area contributed by atoms with Crippen LogP contribution in [0, 0.1) is 0 Å². The van der Waals surface area contributed by atoms with Crippen molar-refractivity contribution in [3.8, 4) is 0 Å². The monoisotopic (exact) mass is 215 g/mol. The third-order valence-corrected chi connectivity index (χ3v) is 1.98. The van der Waals surface area contributed by atoms with Gasteiger partial charge in [0.25, 0.3) is 0 Å². The average Bonchev–Trinajstić information content (AvgIpc) is 2.22. The van der Waals surface area contributed by atoms with E-state index in [2.05, 4.69) is 11.7 Å². The van der Waals surface area contributed by atoms with Crippen LogP contribution in [-0.4, -0.2) is 23.8 Å².